The average Bonchev–Trinajstić information content (AvgIpc) is 2.91. The van der Waals surface area contributed by atoms with E-state index >= 15 is 0 Å². The highest BCUT2D eigenvalue weighted by Gasteiger charge is 2.53. The van der Waals surface area contributed by atoms with E-state index in [1.165, 1.54) is 0 Å². The lowest BCUT2D eigenvalue weighted by molar-refractivity contribution is -0.656. The summed E-state index contributed by atoms with van der Waals surface area (Å²) in [7, 11) is 0. The number of anilines is 1. The van der Waals surface area contributed by atoms with Crippen molar-refractivity contribution in [2.45, 2.75) is 12.1 Å². The molecule has 2 heterocycles. The SMILES string of the molecule is OC1(c2ccc(Br)cc2)CN(c2ccc(Br)cc2)C2=[N+]1CCCS2.[Br-]. The van der Waals surface area contributed by atoms with Crippen LogP contribution in [-0.2, 0) is 5.72 Å². The van der Waals surface area contributed by atoms with Gasteiger partial charge in [-0.05, 0) is 54.6 Å². The van der Waals surface area contributed by atoms with Gasteiger partial charge in [-0.25, -0.2) is 9.48 Å². The third-order valence-electron chi connectivity index (χ3n) is 4.49. The second kappa shape index (κ2) is 7.72. The smallest absolute Gasteiger partial charge is 0.316 e. The van der Waals surface area contributed by atoms with Crippen molar-refractivity contribution in [3.05, 3.63) is 63.0 Å². The van der Waals surface area contributed by atoms with Gasteiger partial charge in [-0.3, -0.25) is 0 Å². The van der Waals surface area contributed by atoms with Crippen LogP contribution in [0.15, 0.2) is 57.5 Å². The van der Waals surface area contributed by atoms with E-state index in [2.05, 4.69) is 53.5 Å². The van der Waals surface area contributed by atoms with Crippen LogP contribution in [0.5, 0.6) is 0 Å². The molecule has 0 fully saturated rings. The first kappa shape index (κ1) is 19.4. The zero-order chi connectivity index (χ0) is 16.7. The van der Waals surface area contributed by atoms with Gasteiger partial charge in [0.05, 0.1) is 6.54 Å². The molecule has 132 valence electrons. The number of amidine groups is 1. The number of aliphatic hydroxyl groups is 1. The summed E-state index contributed by atoms with van der Waals surface area (Å²) < 4.78 is 4.24. The number of β-amino-alcohol motifs (C(OH)–C–C–N with tert-alkyl or cyclic N) is 1. The van der Waals surface area contributed by atoms with E-state index in [1.807, 2.05) is 48.2 Å². The van der Waals surface area contributed by atoms with Crippen molar-refractivity contribution in [1.82, 2.24) is 0 Å². The highest BCUT2D eigenvalue weighted by Crippen LogP contribution is 2.38. The van der Waals surface area contributed by atoms with Crippen molar-refractivity contribution in [2.24, 2.45) is 0 Å². The maximum Gasteiger partial charge on any atom is 0.316 e. The van der Waals surface area contributed by atoms with Crippen LogP contribution in [0.1, 0.15) is 12.0 Å². The van der Waals surface area contributed by atoms with Gasteiger partial charge in [0.1, 0.15) is 5.69 Å². The molecule has 0 aliphatic carbocycles. The summed E-state index contributed by atoms with van der Waals surface area (Å²) in [6, 6.07) is 16.3. The molecule has 2 aromatic rings. The molecule has 0 radical (unpaired) electrons. The zero-order valence-corrected chi connectivity index (χ0v) is 18.9. The van der Waals surface area contributed by atoms with E-state index in [-0.39, 0.29) is 17.0 Å². The fourth-order valence-electron chi connectivity index (χ4n) is 3.29. The van der Waals surface area contributed by atoms with Crippen LogP contribution < -0.4 is 21.9 Å². The molecule has 2 aromatic carbocycles. The molecule has 0 bridgehead atoms. The van der Waals surface area contributed by atoms with Gasteiger partial charge in [0.25, 0.3) is 5.72 Å². The van der Waals surface area contributed by atoms with Crippen LogP contribution in [0.4, 0.5) is 5.69 Å². The number of hydrogen-bond acceptors (Lipinski definition) is 3. The van der Waals surface area contributed by atoms with Crippen LogP contribution in [0, 0.1) is 0 Å². The Labute approximate surface area is 179 Å². The van der Waals surface area contributed by atoms with Gasteiger partial charge in [-0.15, -0.1) is 0 Å². The monoisotopic (exact) mass is 546 g/mol. The van der Waals surface area contributed by atoms with E-state index in [4.69, 9.17) is 0 Å². The number of benzene rings is 2. The molecule has 1 unspecified atom stereocenters. The first-order valence-electron chi connectivity index (χ1n) is 7.87. The average molecular weight is 549 g/mol. The molecule has 1 atom stereocenters. The Morgan fingerprint density at radius 3 is 2.24 bits per heavy atom. The van der Waals surface area contributed by atoms with Crippen LogP contribution in [-0.4, -0.2) is 33.7 Å². The van der Waals surface area contributed by atoms with Crippen LogP contribution in [0.2, 0.25) is 0 Å². The van der Waals surface area contributed by atoms with Gasteiger partial charge in [0.2, 0.25) is 0 Å². The molecular weight excluding hydrogens is 532 g/mol. The standard InChI is InChI=1S/C18H17Br2N2OS.BrH/c19-14-4-2-13(3-5-14)18(23)12-21(16-8-6-15(20)7-9-16)17-22(18)10-1-11-24-17;/h2-9,23H,1,10-12H2;1H/q+1;/p-1. The Morgan fingerprint density at radius 1 is 1.00 bits per heavy atom. The predicted octanol–water partition coefficient (Wildman–Crippen LogP) is 1.39. The van der Waals surface area contributed by atoms with Crippen molar-refractivity contribution >= 4 is 54.5 Å². The maximum atomic E-state index is 11.6. The maximum absolute atomic E-state index is 11.6. The first-order chi connectivity index (χ1) is 11.6. The van der Waals surface area contributed by atoms with Crippen molar-refractivity contribution in [3.8, 4) is 0 Å². The van der Waals surface area contributed by atoms with Crippen LogP contribution in [0.3, 0.4) is 0 Å². The molecule has 3 nitrogen and oxygen atoms in total. The van der Waals surface area contributed by atoms with Crippen molar-refractivity contribution in [1.29, 1.82) is 0 Å². The number of thioether (sulfide) groups is 1. The molecule has 2 aliphatic heterocycles. The number of nitrogens with zero attached hydrogens (tertiary/aromatic N) is 2. The second-order valence-corrected chi connectivity index (χ2v) is 8.92. The third kappa shape index (κ3) is 3.58. The lowest BCUT2D eigenvalue weighted by Crippen LogP contribution is -3.00. The molecule has 1 N–H and O–H groups in total. The third-order valence-corrected chi connectivity index (χ3v) is 6.74. The molecular formula is C18H17Br3N2OS. The molecule has 0 saturated heterocycles. The predicted molar refractivity (Wildman–Crippen MR) is 107 cm³/mol. The second-order valence-electron chi connectivity index (χ2n) is 6.02. The molecule has 0 spiro atoms. The summed E-state index contributed by atoms with van der Waals surface area (Å²) in [4.78, 5) is 2.23. The number of halogens is 3. The quantitative estimate of drug-likeness (QED) is 0.575. The summed E-state index contributed by atoms with van der Waals surface area (Å²) in [6.45, 7) is 1.42. The van der Waals surface area contributed by atoms with Gasteiger partial charge in [0, 0.05) is 20.3 Å². The number of rotatable bonds is 2. The normalized spacial score (nSPS) is 22.6. The van der Waals surface area contributed by atoms with E-state index in [9.17, 15) is 5.11 Å². The molecule has 7 heteroatoms. The van der Waals surface area contributed by atoms with Crippen LogP contribution >= 0.6 is 43.6 Å². The largest absolute Gasteiger partial charge is 1.00 e. The molecule has 2 aliphatic rings. The fraction of sp³-hybridized carbons (Fsp3) is 0.278. The van der Waals surface area contributed by atoms with Gasteiger partial charge in [-0.2, -0.15) is 0 Å². The lowest BCUT2D eigenvalue weighted by atomic mass is 10.0. The van der Waals surface area contributed by atoms with Gasteiger partial charge >= 0.3 is 5.17 Å². The Kier molecular flexibility index (Phi) is 6.00. The van der Waals surface area contributed by atoms with Crippen molar-refractivity contribution in [2.75, 3.05) is 23.7 Å². The van der Waals surface area contributed by atoms with E-state index in [0.29, 0.717) is 6.54 Å². The fourth-order valence-corrected chi connectivity index (χ4v) is 5.00. The molecule has 0 saturated carbocycles. The Hall–Kier alpha value is -0.340. The topological polar surface area (TPSA) is 26.5 Å². The summed E-state index contributed by atoms with van der Waals surface area (Å²) >= 11 is 8.80. The minimum Gasteiger partial charge on any atom is -1.00 e. The first-order valence-corrected chi connectivity index (χ1v) is 10.4. The Balaban J connectivity index is 0.00000182. The Bertz CT molecular complexity index is 795. The van der Waals surface area contributed by atoms with Crippen LogP contribution in [0.25, 0.3) is 0 Å². The van der Waals surface area contributed by atoms with Crippen molar-refractivity contribution < 1.29 is 26.7 Å². The summed E-state index contributed by atoms with van der Waals surface area (Å²) in [6.07, 6.45) is 1.08. The minimum absolute atomic E-state index is 0. The number of hydrogen-bond donors (Lipinski definition) is 1. The van der Waals surface area contributed by atoms with E-state index in [1.54, 1.807) is 0 Å². The Morgan fingerprint density at radius 2 is 1.60 bits per heavy atom. The van der Waals surface area contributed by atoms with Crippen molar-refractivity contribution in [3.63, 3.8) is 0 Å². The van der Waals surface area contributed by atoms with E-state index in [0.717, 1.165) is 44.1 Å². The highest BCUT2D eigenvalue weighted by atomic mass is 79.9. The van der Waals surface area contributed by atoms with E-state index < -0.39 is 5.72 Å². The summed E-state index contributed by atoms with van der Waals surface area (Å²) in [5.74, 6) is 1.09. The lowest BCUT2D eigenvalue weighted by Gasteiger charge is -2.24. The molecule has 4 rings (SSSR count). The molecule has 0 aromatic heterocycles. The summed E-state index contributed by atoms with van der Waals surface area (Å²) in [5.41, 5.74) is 1.06. The molecule has 0 amide bonds. The van der Waals surface area contributed by atoms with Gasteiger partial charge in [-0.1, -0.05) is 44.0 Å². The van der Waals surface area contributed by atoms with Gasteiger partial charge < -0.3 is 22.1 Å². The highest BCUT2D eigenvalue weighted by molar-refractivity contribution is 9.10. The molecule has 25 heavy (non-hydrogen) atoms. The van der Waals surface area contributed by atoms with Gasteiger partial charge in [0.15, 0.2) is 6.54 Å². The minimum atomic E-state index is -0.990. The zero-order valence-electron chi connectivity index (χ0n) is 13.3. The summed E-state index contributed by atoms with van der Waals surface area (Å²) in [5, 5.41) is 12.7.